The van der Waals surface area contributed by atoms with Crippen LogP contribution in [0.5, 0.6) is 0 Å². The van der Waals surface area contributed by atoms with Crippen molar-refractivity contribution in [2.45, 2.75) is 13.8 Å². The normalized spacial score (nSPS) is 10.4. The second-order valence-electron chi connectivity index (χ2n) is 4.02. The zero-order valence-corrected chi connectivity index (χ0v) is 9.78. The lowest BCUT2D eigenvalue weighted by atomic mass is 10.2. The molecule has 16 heavy (non-hydrogen) atoms. The summed E-state index contributed by atoms with van der Waals surface area (Å²) in [7, 11) is 1.90. The van der Waals surface area contributed by atoms with Gasteiger partial charge in [-0.25, -0.2) is 0 Å². The number of nitrogens with zero attached hydrogens (tertiary/aromatic N) is 2. The van der Waals surface area contributed by atoms with Gasteiger partial charge in [0.05, 0.1) is 22.8 Å². The van der Waals surface area contributed by atoms with Crippen molar-refractivity contribution in [3.63, 3.8) is 0 Å². The Morgan fingerprint density at radius 1 is 1.25 bits per heavy atom. The molecule has 1 aromatic carbocycles. The van der Waals surface area contributed by atoms with Crippen LogP contribution in [0.4, 0.5) is 17.1 Å². The minimum Gasteiger partial charge on any atom is -0.397 e. The molecule has 4 heteroatoms. The van der Waals surface area contributed by atoms with E-state index in [0.717, 1.165) is 22.8 Å². The van der Waals surface area contributed by atoms with Gasteiger partial charge in [0, 0.05) is 13.2 Å². The van der Waals surface area contributed by atoms with Gasteiger partial charge in [-0.2, -0.15) is 5.10 Å². The van der Waals surface area contributed by atoms with E-state index in [0.29, 0.717) is 0 Å². The summed E-state index contributed by atoms with van der Waals surface area (Å²) in [5.74, 6) is 0. The van der Waals surface area contributed by atoms with E-state index in [-0.39, 0.29) is 0 Å². The Bertz CT molecular complexity index is 514. The molecule has 2 rings (SSSR count). The maximum atomic E-state index is 5.90. The summed E-state index contributed by atoms with van der Waals surface area (Å²) in [6.07, 6.45) is 1.94. The maximum Gasteiger partial charge on any atom is 0.0828 e. The predicted molar refractivity (Wildman–Crippen MR) is 66.8 cm³/mol. The Kier molecular flexibility index (Phi) is 2.56. The quantitative estimate of drug-likeness (QED) is 0.758. The number of aryl methyl sites for hydroxylation is 3. The number of benzene rings is 1. The average Bonchev–Trinajstić information content (AvgIpc) is 2.51. The Morgan fingerprint density at radius 3 is 2.62 bits per heavy atom. The van der Waals surface area contributed by atoms with E-state index in [4.69, 9.17) is 5.73 Å². The second kappa shape index (κ2) is 3.89. The Labute approximate surface area is 95.1 Å². The monoisotopic (exact) mass is 216 g/mol. The summed E-state index contributed by atoms with van der Waals surface area (Å²) >= 11 is 0. The lowest BCUT2D eigenvalue weighted by Crippen LogP contribution is -1.97. The molecule has 0 bridgehead atoms. The first-order valence-corrected chi connectivity index (χ1v) is 5.19. The zero-order valence-electron chi connectivity index (χ0n) is 9.78. The van der Waals surface area contributed by atoms with Gasteiger partial charge in [0.25, 0.3) is 0 Å². The van der Waals surface area contributed by atoms with Gasteiger partial charge in [0.1, 0.15) is 0 Å². The minimum absolute atomic E-state index is 0.744. The lowest BCUT2D eigenvalue weighted by Gasteiger charge is -2.08. The second-order valence-corrected chi connectivity index (χ2v) is 4.02. The first-order valence-electron chi connectivity index (χ1n) is 5.19. The van der Waals surface area contributed by atoms with Crippen LogP contribution in [-0.4, -0.2) is 9.78 Å². The Morgan fingerprint density at radius 2 is 2.00 bits per heavy atom. The van der Waals surface area contributed by atoms with E-state index < -0.39 is 0 Å². The van der Waals surface area contributed by atoms with Crippen molar-refractivity contribution in [2.24, 2.45) is 7.05 Å². The van der Waals surface area contributed by atoms with Crippen LogP contribution in [-0.2, 0) is 7.05 Å². The number of anilines is 3. The largest absolute Gasteiger partial charge is 0.397 e. The van der Waals surface area contributed by atoms with Crippen molar-refractivity contribution >= 4 is 17.1 Å². The van der Waals surface area contributed by atoms with Crippen molar-refractivity contribution in [1.82, 2.24) is 9.78 Å². The van der Waals surface area contributed by atoms with E-state index in [1.54, 1.807) is 4.68 Å². The highest BCUT2D eigenvalue weighted by atomic mass is 15.3. The molecule has 0 aliphatic carbocycles. The van der Waals surface area contributed by atoms with E-state index in [2.05, 4.69) is 10.4 Å². The van der Waals surface area contributed by atoms with Gasteiger partial charge in [0.2, 0.25) is 0 Å². The number of hydrogen-bond donors (Lipinski definition) is 2. The third kappa shape index (κ3) is 2.00. The first-order chi connectivity index (χ1) is 7.56. The highest BCUT2D eigenvalue weighted by molar-refractivity contribution is 5.73. The number of nitrogens with one attached hydrogen (secondary N) is 1. The third-order valence-electron chi connectivity index (χ3n) is 2.49. The molecule has 0 saturated heterocycles. The number of rotatable bonds is 2. The van der Waals surface area contributed by atoms with Gasteiger partial charge in [-0.15, -0.1) is 0 Å². The van der Waals surface area contributed by atoms with Crippen LogP contribution in [0.25, 0.3) is 0 Å². The molecule has 0 aliphatic rings. The van der Waals surface area contributed by atoms with Crippen LogP contribution in [0, 0.1) is 13.8 Å². The topological polar surface area (TPSA) is 55.9 Å². The maximum absolute atomic E-state index is 5.90. The van der Waals surface area contributed by atoms with Crippen molar-refractivity contribution in [3.8, 4) is 0 Å². The standard InChI is InChI=1S/C12H16N4/c1-8-4-5-10(13)11(6-8)14-12-7-16(3)15-9(12)2/h4-7,14H,13H2,1-3H3. The molecule has 1 heterocycles. The number of nitrogens with two attached hydrogens (primary N) is 1. The summed E-state index contributed by atoms with van der Waals surface area (Å²) < 4.78 is 1.78. The summed E-state index contributed by atoms with van der Waals surface area (Å²) in [6.45, 7) is 4.01. The van der Waals surface area contributed by atoms with Crippen LogP contribution in [0.3, 0.4) is 0 Å². The minimum atomic E-state index is 0.744. The first kappa shape index (κ1) is 10.5. The average molecular weight is 216 g/mol. The van der Waals surface area contributed by atoms with Crippen LogP contribution < -0.4 is 11.1 Å². The summed E-state index contributed by atoms with van der Waals surface area (Å²) in [5.41, 5.74) is 10.7. The molecule has 0 saturated carbocycles. The van der Waals surface area contributed by atoms with Crippen molar-refractivity contribution in [3.05, 3.63) is 35.7 Å². The number of aromatic nitrogens is 2. The molecule has 0 atom stereocenters. The van der Waals surface area contributed by atoms with Crippen molar-refractivity contribution < 1.29 is 0 Å². The molecule has 1 aromatic heterocycles. The third-order valence-corrected chi connectivity index (χ3v) is 2.49. The molecule has 3 N–H and O–H groups in total. The van der Waals surface area contributed by atoms with E-state index >= 15 is 0 Å². The fourth-order valence-corrected chi connectivity index (χ4v) is 1.65. The molecule has 0 unspecified atom stereocenters. The van der Waals surface area contributed by atoms with Crippen molar-refractivity contribution in [1.29, 1.82) is 0 Å². The number of hydrogen-bond acceptors (Lipinski definition) is 3. The highest BCUT2D eigenvalue weighted by Crippen LogP contribution is 2.25. The van der Waals surface area contributed by atoms with Gasteiger partial charge >= 0.3 is 0 Å². The summed E-state index contributed by atoms with van der Waals surface area (Å²) in [4.78, 5) is 0. The van der Waals surface area contributed by atoms with Crippen LogP contribution in [0.15, 0.2) is 24.4 Å². The van der Waals surface area contributed by atoms with E-state index in [1.165, 1.54) is 5.56 Å². The van der Waals surface area contributed by atoms with Gasteiger partial charge in [-0.1, -0.05) is 6.07 Å². The lowest BCUT2D eigenvalue weighted by molar-refractivity contribution is 0.756. The summed E-state index contributed by atoms with van der Waals surface area (Å²) in [6, 6.07) is 5.93. The highest BCUT2D eigenvalue weighted by Gasteiger charge is 2.05. The van der Waals surface area contributed by atoms with Crippen LogP contribution >= 0.6 is 0 Å². The molecule has 0 amide bonds. The molecule has 0 aliphatic heterocycles. The number of nitrogen functional groups attached to an aromatic ring is 1. The Hall–Kier alpha value is -1.97. The molecule has 0 radical (unpaired) electrons. The molecule has 84 valence electrons. The molecular weight excluding hydrogens is 200 g/mol. The Balaban J connectivity index is 2.33. The smallest absolute Gasteiger partial charge is 0.0828 e. The fraction of sp³-hybridized carbons (Fsp3) is 0.250. The van der Waals surface area contributed by atoms with Gasteiger partial charge in [-0.05, 0) is 31.5 Å². The molecule has 4 nitrogen and oxygen atoms in total. The molecule has 2 aromatic rings. The molecular formula is C12H16N4. The van der Waals surface area contributed by atoms with Gasteiger partial charge < -0.3 is 11.1 Å². The van der Waals surface area contributed by atoms with E-state index in [9.17, 15) is 0 Å². The molecule has 0 spiro atoms. The van der Waals surface area contributed by atoms with Crippen LogP contribution in [0.1, 0.15) is 11.3 Å². The SMILES string of the molecule is Cc1ccc(N)c(Nc2cn(C)nc2C)c1. The van der Waals surface area contributed by atoms with Gasteiger partial charge in [0.15, 0.2) is 0 Å². The zero-order chi connectivity index (χ0) is 11.7. The molecule has 0 fully saturated rings. The van der Waals surface area contributed by atoms with Gasteiger partial charge in [-0.3, -0.25) is 4.68 Å². The van der Waals surface area contributed by atoms with Crippen LogP contribution in [0.2, 0.25) is 0 Å². The summed E-state index contributed by atoms with van der Waals surface area (Å²) in [5, 5.41) is 7.57. The van der Waals surface area contributed by atoms with Crippen molar-refractivity contribution in [2.75, 3.05) is 11.1 Å². The van der Waals surface area contributed by atoms with E-state index in [1.807, 2.05) is 45.3 Å². The fourth-order valence-electron chi connectivity index (χ4n) is 1.65. The predicted octanol–water partition coefficient (Wildman–Crippen LogP) is 2.36.